The Hall–Kier alpha value is -1.26. The van der Waals surface area contributed by atoms with E-state index in [2.05, 4.69) is 5.32 Å². The number of nitrogens with zero attached hydrogens (tertiary/aromatic N) is 1. The Labute approximate surface area is 99.4 Å². The van der Waals surface area contributed by atoms with Gasteiger partial charge in [0.25, 0.3) is 0 Å². The van der Waals surface area contributed by atoms with E-state index in [1.165, 1.54) is 0 Å². The lowest BCUT2D eigenvalue weighted by Crippen LogP contribution is -2.48. The second kappa shape index (κ2) is 4.72. The number of carbonyl (C=O) groups is 1. The van der Waals surface area contributed by atoms with Crippen LogP contribution in [0.3, 0.4) is 0 Å². The molecule has 5 heteroatoms. The van der Waals surface area contributed by atoms with Gasteiger partial charge in [-0.2, -0.15) is 0 Å². The van der Waals surface area contributed by atoms with Crippen LogP contribution in [0.1, 0.15) is 5.56 Å². The van der Waals surface area contributed by atoms with Gasteiger partial charge in [0.1, 0.15) is 0 Å². The summed E-state index contributed by atoms with van der Waals surface area (Å²) in [5.74, 6) is 0.0363. The first-order chi connectivity index (χ1) is 7.70. The maximum atomic E-state index is 11.3. The summed E-state index contributed by atoms with van der Waals surface area (Å²) in [7, 11) is 0. The summed E-state index contributed by atoms with van der Waals surface area (Å²) in [4.78, 5) is 13.3. The number of amides is 1. The fourth-order valence-electron chi connectivity index (χ4n) is 1.85. The molecule has 1 aromatic carbocycles. The van der Waals surface area contributed by atoms with Gasteiger partial charge in [0, 0.05) is 30.3 Å². The average Bonchev–Trinajstić information content (AvgIpc) is 2.29. The first-order valence-corrected chi connectivity index (χ1v) is 5.58. The van der Waals surface area contributed by atoms with Crippen LogP contribution in [-0.2, 0) is 11.3 Å². The molecule has 16 heavy (non-hydrogen) atoms. The summed E-state index contributed by atoms with van der Waals surface area (Å²) >= 11 is 5.96. The van der Waals surface area contributed by atoms with E-state index in [9.17, 15) is 4.79 Å². The van der Waals surface area contributed by atoms with Gasteiger partial charge in [0.15, 0.2) is 0 Å². The fourth-order valence-corrected chi connectivity index (χ4v) is 2.01. The molecule has 0 aromatic heterocycles. The van der Waals surface area contributed by atoms with Gasteiger partial charge >= 0.3 is 0 Å². The lowest BCUT2D eigenvalue weighted by Gasteiger charge is -2.30. The lowest BCUT2D eigenvalue weighted by atomic mass is 10.1. The zero-order valence-corrected chi connectivity index (χ0v) is 9.63. The first kappa shape index (κ1) is 11.2. The highest BCUT2D eigenvalue weighted by atomic mass is 35.5. The molecule has 0 radical (unpaired) electrons. The van der Waals surface area contributed by atoms with Crippen LogP contribution in [0.15, 0.2) is 18.2 Å². The normalized spacial score (nSPS) is 16.1. The third-order valence-corrected chi connectivity index (χ3v) is 2.88. The van der Waals surface area contributed by atoms with E-state index in [1.807, 2.05) is 23.1 Å². The second-order valence-corrected chi connectivity index (χ2v) is 4.19. The standard InChI is InChI=1S/C11H14ClN3O/c12-9-2-1-8(6-13)10(5-9)15-4-3-14-11(16)7-15/h1-2,5H,3-4,6-7,13H2,(H,14,16). The van der Waals surface area contributed by atoms with Crippen LogP contribution in [0.5, 0.6) is 0 Å². The molecule has 0 saturated carbocycles. The molecule has 0 bridgehead atoms. The molecular formula is C11H14ClN3O. The van der Waals surface area contributed by atoms with Crippen molar-refractivity contribution in [2.24, 2.45) is 5.73 Å². The number of carbonyl (C=O) groups excluding carboxylic acids is 1. The zero-order chi connectivity index (χ0) is 11.5. The van der Waals surface area contributed by atoms with Gasteiger partial charge < -0.3 is 16.0 Å². The summed E-state index contributed by atoms with van der Waals surface area (Å²) in [6, 6.07) is 5.59. The Bertz CT molecular complexity index is 408. The minimum atomic E-state index is 0.0363. The van der Waals surface area contributed by atoms with Crippen molar-refractivity contribution < 1.29 is 4.79 Å². The predicted molar refractivity (Wildman–Crippen MR) is 64.6 cm³/mol. The van der Waals surface area contributed by atoms with Gasteiger partial charge in [0.05, 0.1) is 6.54 Å². The molecule has 2 rings (SSSR count). The molecule has 0 unspecified atom stereocenters. The molecule has 1 aromatic rings. The van der Waals surface area contributed by atoms with Crippen molar-refractivity contribution in [2.75, 3.05) is 24.5 Å². The maximum Gasteiger partial charge on any atom is 0.239 e. The monoisotopic (exact) mass is 239 g/mol. The van der Waals surface area contributed by atoms with Crippen LogP contribution in [0.25, 0.3) is 0 Å². The minimum Gasteiger partial charge on any atom is -0.360 e. The van der Waals surface area contributed by atoms with Crippen LogP contribution in [0.4, 0.5) is 5.69 Å². The number of halogens is 1. The third-order valence-electron chi connectivity index (χ3n) is 2.65. The van der Waals surface area contributed by atoms with Crippen LogP contribution >= 0.6 is 11.6 Å². The maximum absolute atomic E-state index is 11.3. The van der Waals surface area contributed by atoms with Crippen molar-refractivity contribution in [2.45, 2.75) is 6.54 Å². The van der Waals surface area contributed by atoms with Gasteiger partial charge in [-0.1, -0.05) is 17.7 Å². The van der Waals surface area contributed by atoms with Crippen molar-refractivity contribution in [3.8, 4) is 0 Å². The van der Waals surface area contributed by atoms with Crippen molar-refractivity contribution in [3.63, 3.8) is 0 Å². The van der Waals surface area contributed by atoms with E-state index in [-0.39, 0.29) is 5.91 Å². The smallest absolute Gasteiger partial charge is 0.239 e. The third kappa shape index (κ3) is 2.28. The first-order valence-electron chi connectivity index (χ1n) is 5.21. The van der Waals surface area contributed by atoms with E-state index in [4.69, 9.17) is 17.3 Å². The highest BCUT2D eigenvalue weighted by Gasteiger charge is 2.18. The SMILES string of the molecule is NCc1ccc(Cl)cc1N1CCNC(=O)C1. The highest BCUT2D eigenvalue weighted by molar-refractivity contribution is 6.30. The highest BCUT2D eigenvalue weighted by Crippen LogP contribution is 2.25. The summed E-state index contributed by atoms with van der Waals surface area (Å²) in [5, 5.41) is 3.45. The molecule has 1 amide bonds. The molecule has 1 fully saturated rings. The number of nitrogens with one attached hydrogen (secondary N) is 1. The lowest BCUT2D eigenvalue weighted by molar-refractivity contribution is -0.120. The van der Waals surface area contributed by atoms with Crippen molar-refractivity contribution >= 4 is 23.2 Å². The quantitative estimate of drug-likeness (QED) is 0.800. The van der Waals surface area contributed by atoms with Crippen LogP contribution in [0, 0.1) is 0 Å². The topological polar surface area (TPSA) is 58.4 Å². The number of piperazine rings is 1. The van der Waals surface area contributed by atoms with E-state index in [0.717, 1.165) is 17.8 Å². The van der Waals surface area contributed by atoms with E-state index in [0.29, 0.717) is 24.7 Å². The molecule has 0 atom stereocenters. The fraction of sp³-hybridized carbons (Fsp3) is 0.364. The van der Waals surface area contributed by atoms with Crippen LogP contribution in [-0.4, -0.2) is 25.5 Å². The summed E-state index contributed by atoms with van der Waals surface area (Å²) in [6.45, 7) is 2.27. The number of hydrogen-bond acceptors (Lipinski definition) is 3. The Morgan fingerprint density at radius 1 is 1.50 bits per heavy atom. The molecule has 0 spiro atoms. The van der Waals surface area contributed by atoms with E-state index in [1.54, 1.807) is 0 Å². The number of anilines is 1. The number of hydrogen-bond donors (Lipinski definition) is 2. The van der Waals surface area contributed by atoms with E-state index < -0.39 is 0 Å². The second-order valence-electron chi connectivity index (χ2n) is 3.75. The number of rotatable bonds is 2. The Balaban J connectivity index is 2.30. The molecule has 1 heterocycles. The Kier molecular flexibility index (Phi) is 3.31. The Morgan fingerprint density at radius 2 is 2.31 bits per heavy atom. The van der Waals surface area contributed by atoms with Gasteiger partial charge in [-0.3, -0.25) is 4.79 Å². The summed E-state index contributed by atoms with van der Waals surface area (Å²) in [5.41, 5.74) is 7.65. The molecule has 0 aliphatic carbocycles. The summed E-state index contributed by atoms with van der Waals surface area (Å²) < 4.78 is 0. The molecule has 1 saturated heterocycles. The van der Waals surface area contributed by atoms with Crippen molar-refractivity contribution in [1.29, 1.82) is 0 Å². The van der Waals surface area contributed by atoms with Crippen molar-refractivity contribution in [3.05, 3.63) is 28.8 Å². The Morgan fingerprint density at radius 3 is 3.00 bits per heavy atom. The zero-order valence-electron chi connectivity index (χ0n) is 8.87. The molecule has 1 aliphatic heterocycles. The van der Waals surface area contributed by atoms with Gasteiger partial charge in [-0.05, 0) is 17.7 Å². The number of benzene rings is 1. The van der Waals surface area contributed by atoms with Crippen LogP contribution < -0.4 is 16.0 Å². The largest absolute Gasteiger partial charge is 0.360 e. The molecule has 1 aliphatic rings. The van der Waals surface area contributed by atoms with Gasteiger partial charge in [-0.15, -0.1) is 0 Å². The molecular weight excluding hydrogens is 226 g/mol. The average molecular weight is 240 g/mol. The van der Waals surface area contributed by atoms with Gasteiger partial charge in [-0.25, -0.2) is 0 Å². The minimum absolute atomic E-state index is 0.0363. The van der Waals surface area contributed by atoms with Crippen LogP contribution in [0.2, 0.25) is 5.02 Å². The predicted octanol–water partition coefficient (Wildman–Crippen LogP) is 0.735. The molecule has 3 N–H and O–H groups in total. The summed E-state index contributed by atoms with van der Waals surface area (Å²) in [6.07, 6.45) is 0. The number of nitrogens with two attached hydrogens (primary N) is 1. The van der Waals surface area contributed by atoms with Gasteiger partial charge in [0.2, 0.25) is 5.91 Å². The van der Waals surface area contributed by atoms with E-state index >= 15 is 0 Å². The molecule has 86 valence electrons. The van der Waals surface area contributed by atoms with Crippen molar-refractivity contribution in [1.82, 2.24) is 5.32 Å². The molecule has 4 nitrogen and oxygen atoms in total.